The zero-order chi connectivity index (χ0) is 12.5. The molecule has 0 aromatic heterocycles. The normalized spacial score (nSPS) is 22.7. The van der Waals surface area contributed by atoms with Gasteiger partial charge in [0, 0.05) is 6.54 Å². The highest BCUT2D eigenvalue weighted by Crippen LogP contribution is 2.32. The molecule has 1 aliphatic heterocycles. The molecule has 1 radical (unpaired) electrons. The van der Waals surface area contributed by atoms with Crippen molar-refractivity contribution in [1.29, 1.82) is 0 Å². The maximum absolute atomic E-state index is 12.6. The van der Waals surface area contributed by atoms with Crippen molar-refractivity contribution in [2.75, 3.05) is 20.1 Å². The molecule has 1 unspecified atom stereocenters. The Morgan fingerprint density at radius 3 is 2.82 bits per heavy atom. The van der Waals surface area contributed by atoms with Crippen molar-refractivity contribution in [1.82, 2.24) is 4.90 Å². The standard InChI is InChI=1S/C13H15F3N/c1-17-7-3-5-11(9-17)10-4-2-6-12(8-10)13(14,15)16/h2,4,8,11H,3,5,7,9H2,1H3. The molecule has 4 heteroatoms. The van der Waals surface area contributed by atoms with Gasteiger partial charge in [0.25, 0.3) is 0 Å². The number of nitrogens with zero attached hydrogens (tertiary/aromatic N) is 1. The molecule has 0 aliphatic carbocycles. The summed E-state index contributed by atoms with van der Waals surface area (Å²) in [6.07, 6.45) is -2.29. The molecule has 1 aromatic carbocycles. The average molecular weight is 242 g/mol. The van der Waals surface area contributed by atoms with Gasteiger partial charge >= 0.3 is 6.18 Å². The fraction of sp³-hybridized carbons (Fsp3) is 0.538. The van der Waals surface area contributed by atoms with Crippen LogP contribution in [0.15, 0.2) is 18.2 Å². The molecule has 0 saturated carbocycles. The lowest BCUT2D eigenvalue weighted by atomic mass is 9.90. The molecule has 0 amide bonds. The number of hydrogen-bond donors (Lipinski definition) is 0. The Balaban J connectivity index is 2.21. The van der Waals surface area contributed by atoms with Gasteiger partial charge < -0.3 is 4.90 Å². The number of likely N-dealkylation sites (tertiary alicyclic amines) is 1. The van der Waals surface area contributed by atoms with Gasteiger partial charge in [-0.25, -0.2) is 0 Å². The highest BCUT2D eigenvalue weighted by atomic mass is 19.4. The van der Waals surface area contributed by atoms with E-state index >= 15 is 0 Å². The van der Waals surface area contributed by atoms with Crippen LogP contribution in [0.5, 0.6) is 0 Å². The third-order valence-electron chi connectivity index (χ3n) is 3.23. The molecule has 1 aliphatic rings. The van der Waals surface area contributed by atoms with Gasteiger partial charge in [0.1, 0.15) is 0 Å². The quantitative estimate of drug-likeness (QED) is 0.730. The van der Waals surface area contributed by atoms with E-state index in [2.05, 4.69) is 11.0 Å². The zero-order valence-electron chi connectivity index (χ0n) is 9.72. The summed E-state index contributed by atoms with van der Waals surface area (Å²) in [7, 11) is 2.01. The molecule has 2 rings (SSSR count). The first-order chi connectivity index (χ1) is 7.97. The molecule has 1 nitrogen and oxygen atoms in total. The molecule has 1 heterocycles. The Kier molecular flexibility index (Phi) is 3.43. The van der Waals surface area contributed by atoms with Crippen LogP contribution in [0, 0.1) is 6.07 Å². The number of piperidine rings is 1. The molecule has 1 fully saturated rings. The maximum Gasteiger partial charge on any atom is 0.417 e. The van der Waals surface area contributed by atoms with Gasteiger partial charge in [-0.3, -0.25) is 0 Å². The molecule has 0 spiro atoms. The van der Waals surface area contributed by atoms with E-state index in [1.54, 1.807) is 6.07 Å². The van der Waals surface area contributed by atoms with Crippen molar-refractivity contribution in [2.24, 2.45) is 0 Å². The first-order valence-corrected chi connectivity index (χ1v) is 5.74. The second-order valence-electron chi connectivity index (χ2n) is 4.63. The summed E-state index contributed by atoms with van der Waals surface area (Å²) in [5, 5.41) is 0. The van der Waals surface area contributed by atoms with E-state index < -0.39 is 11.7 Å². The molecular weight excluding hydrogens is 227 g/mol. The van der Waals surface area contributed by atoms with Crippen molar-refractivity contribution in [2.45, 2.75) is 24.9 Å². The van der Waals surface area contributed by atoms with E-state index in [9.17, 15) is 13.2 Å². The smallest absolute Gasteiger partial charge is 0.306 e. The molecule has 93 valence electrons. The van der Waals surface area contributed by atoms with Gasteiger partial charge in [-0.15, -0.1) is 0 Å². The number of alkyl halides is 3. The van der Waals surface area contributed by atoms with Crippen LogP contribution >= 0.6 is 0 Å². The van der Waals surface area contributed by atoms with Gasteiger partial charge in [-0.1, -0.05) is 12.1 Å². The molecule has 1 saturated heterocycles. The second kappa shape index (κ2) is 4.69. The number of rotatable bonds is 1. The van der Waals surface area contributed by atoms with Crippen molar-refractivity contribution in [3.63, 3.8) is 0 Å². The lowest BCUT2D eigenvalue weighted by Gasteiger charge is -2.30. The Bertz CT molecular complexity index is 386. The van der Waals surface area contributed by atoms with E-state index in [-0.39, 0.29) is 5.92 Å². The van der Waals surface area contributed by atoms with Crippen LogP contribution in [0.2, 0.25) is 0 Å². The highest BCUT2D eigenvalue weighted by Gasteiger charge is 2.31. The topological polar surface area (TPSA) is 3.24 Å². The van der Waals surface area contributed by atoms with Crippen molar-refractivity contribution < 1.29 is 13.2 Å². The summed E-state index contributed by atoms with van der Waals surface area (Å²) < 4.78 is 37.7. The largest absolute Gasteiger partial charge is 0.417 e. The first kappa shape index (κ1) is 12.4. The summed E-state index contributed by atoms with van der Waals surface area (Å²) in [4.78, 5) is 2.16. The Labute approximate surface area is 99.2 Å². The molecule has 0 bridgehead atoms. The van der Waals surface area contributed by atoms with E-state index in [0.29, 0.717) is 0 Å². The Morgan fingerprint density at radius 2 is 2.18 bits per heavy atom. The third-order valence-corrected chi connectivity index (χ3v) is 3.23. The van der Waals surface area contributed by atoms with Gasteiger partial charge in [0.05, 0.1) is 5.56 Å². The summed E-state index contributed by atoms with van der Waals surface area (Å²) in [5.41, 5.74) is 0.117. The molecule has 0 N–H and O–H groups in total. The van der Waals surface area contributed by atoms with E-state index in [1.165, 1.54) is 12.1 Å². The highest BCUT2D eigenvalue weighted by molar-refractivity contribution is 5.28. The summed E-state index contributed by atoms with van der Waals surface area (Å²) >= 11 is 0. The Hall–Kier alpha value is -1.03. The van der Waals surface area contributed by atoms with Crippen LogP contribution in [0.1, 0.15) is 29.9 Å². The summed E-state index contributed by atoms with van der Waals surface area (Å²) in [6.45, 7) is 1.86. The minimum Gasteiger partial charge on any atom is -0.306 e. The SMILES string of the molecule is CN1CCCC(c2cc[c]c(C(F)(F)F)c2)C1. The van der Waals surface area contributed by atoms with Gasteiger partial charge in [0.15, 0.2) is 0 Å². The third kappa shape index (κ3) is 3.00. The van der Waals surface area contributed by atoms with Crippen molar-refractivity contribution >= 4 is 0 Å². The first-order valence-electron chi connectivity index (χ1n) is 5.74. The second-order valence-corrected chi connectivity index (χ2v) is 4.63. The van der Waals surface area contributed by atoms with Crippen LogP contribution < -0.4 is 0 Å². The van der Waals surface area contributed by atoms with Crippen LogP contribution in [-0.2, 0) is 6.18 Å². The van der Waals surface area contributed by atoms with Crippen LogP contribution in [0.4, 0.5) is 13.2 Å². The lowest BCUT2D eigenvalue weighted by molar-refractivity contribution is -0.137. The summed E-state index contributed by atoms with van der Waals surface area (Å²) in [5.74, 6) is 0.212. The minimum atomic E-state index is -4.30. The van der Waals surface area contributed by atoms with Crippen LogP contribution in [-0.4, -0.2) is 25.0 Å². The average Bonchev–Trinajstić information content (AvgIpc) is 2.28. The van der Waals surface area contributed by atoms with E-state index in [0.717, 1.165) is 31.5 Å². The lowest BCUT2D eigenvalue weighted by Crippen LogP contribution is -2.30. The van der Waals surface area contributed by atoms with Crippen molar-refractivity contribution in [3.05, 3.63) is 35.4 Å². The maximum atomic E-state index is 12.6. The van der Waals surface area contributed by atoms with Gasteiger partial charge in [-0.05, 0) is 50.0 Å². The fourth-order valence-corrected chi connectivity index (χ4v) is 2.34. The van der Waals surface area contributed by atoms with Crippen LogP contribution in [0.3, 0.4) is 0 Å². The molecule has 1 aromatic rings. The molecule has 17 heavy (non-hydrogen) atoms. The fourth-order valence-electron chi connectivity index (χ4n) is 2.34. The van der Waals surface area contributed by atoms with Crippen LogP contribution in [0.25, 0.3) is 0 Å². The summed E-state index contributed by atoms with van der Waals surface area (Å²) in [6, 6.07) is 6.63. The van der Waals surface area contributed by atoms with Gasteiger partial charge in [0.2, 0.25) is 0 Å². The van der Waals surface area contributed by atoms with Crippen molar-refractivity contribution in [3.8, 4) is 0 Å². The Morgan fingerprint density at radius 1 is 1.41 bits per heavy atom. The number of hydrogen-bond acceptors (Lipinski definition) is 1. The van der Waals surface area contributed by atoms with E-state index in [1.807, 2.05) is 7.05 Å². The predicted octanol–water partition coefficient (Wildman–Crippen LogP) is 3.31. The minimum absolute atomic E-state index is 0.212. The number of likely N-dealkylation sites (N-methyl/N-ethyl adjacent to an activating group) is 1. The molecular formula is C13H15F3N. The number of benzene rings is 1. The zero-order valence-corrected chi connectivity index (χ0v) is 9.72. The van der Waals surface area contributed by atoms with E-state index in [4.69, 9.17) is 0 Å². The predicted molar refractivity (Wildman–Crippen MR) is 59.8 cm³/mol. The number of halogens is 3. The van der Waals surface area contributed by atoms with Gasteiger partial charge in [-0.2, -0.15) is 13.2 Å². The monoisotopic (exact) mass is 242 g/mol. The molecule has 1 atom stereocenters.